The Morgan fingerprint density at radius 2 is 2.26 bits per heavy atom. The van der Waals surface area contributed by atoms with Crippen LogP contribution in [0.15, 0.2) is 6.20 Å². The average Bonchev–Trinajstić information content (AvgIpc) is 2.90. The zero-order chi connectivity index (χ0) is 16.8. The highest BCUT2D eigenvalue weighted by Gasteiger charge is 2.24. The fourth-order valence-electron chi connectivity index (χ4n) is 3.12. The van der Waals surface area contributed by atoms with Crippen LogP contribution < -0.4 is 0 Å². The number of imidazole rings is 1. The van der Waals surface area contributed by atoms with E-state index in [0.717, 1.165) is 44.7 Å². The van der Waals surface area contributed by atoms with Crippen LogP contribution in [0.2, 0.25) is 5.15 Å². The first kappa shape index (κ1) is 18.3. The van der Waals surface area contributed by atoms with E-state index in [-0.39, 0.29) is 5.91 Å². The van der Waals surface area contributed by atoms with Crippen molar-refractivity contribution < 1.29 is 4.79 Å². The number of unbranched alkanes of at least 4 members (excludes halogenated alkanes) is 1. The number of aromatic nitrogens is 2. The van der Waals surface area contributed by atoms with Gasteiger partial charge in [0.05, 0.1) is 6.20 Å². The number of likely N-dealkylation sites (tertiary alicyclic amines) is 1. The van der Waals surface area contributed by atoms with E-state index in [1.807, 2.05) is 9.47 Å². The molecule has 0 bridgehead atoms. The Morgan fingerprint density at radius 1 is 1.48 bits per heavy atom. The van der Waals surface area contributed by atoms with Gasteiger partial charge in [0.25, 0.3) is 0 Å². The van der Waals surface area contributed by atoms with Crippen molar-refractivity contribution in [1.29, 1.82) is 0 Å². The van der Waals surface area contributed by atoms with Crippen molar-refractivity contribution in [2.45, 2.75) is 58.0 Å². The zero-order valence-electron chi connectivity index (χ0n) is 14.6. The fraction of sp³-hybridized carbons (Fsp3) is 0.765. The SMILES string of the molecule is CCCCn1c(Cl)cnc1CCC(=O)N1CCC[C@@H](N(C)C)C1. The van der Waals surface area contributed by atoms with Crippen LogP contribution in [0.25, 0.3) is 0 Å². The van der Waals surface area contributed by atoms with Crippen LogP contribution in [0, 0.1) is 0 Å². The van der Waals surface area contributed by atoms with Crippen LogP contribution in [0.5, 0.6) is 0 Å². The van der Waals surface area contributed by atoms with Gasteiger partial charge in [-0.25, -0.2) is 4.98 Å². The quantitative estimate of drug-likeness (QED) is 0.766. The van der Waals surface area contributed by atoms with Crippen LogP contribution in [-0.2, 0) is 17.8 Å². The average molecular weight is 341 g/mol. The summed E-state index contributed by atoms with van der Waals surface area (Å²) in [7, 11) is 4.18. The number of amides is 1. The summed E-state index contributed by atoms with van der Waals surface area (Å²) >= 11 is 6.20. The molecular weight excluding hydrogens is 312 g/mol. The van der Waals surface area contributed by atoms with Gasteiger partial charge in [-0.3, -0.25) is 4.79 Å². The predicted octanol–water partition coefficient (Wildman–Crippen LogP) is 2.82. The number of hydrogen-bond acceptors (Lipinski definition) is 3. The van der Waals surface area contributed by atoms with E-state index in [9.17, 15) is 4.79 Å². The molecule has 0 saturated carbocycles. The summed E-state index contributed by atoms with van der Waals surface area (Å²) in [5, 5.41) is 0.673. The lowest BCUT2D eigenvalue weighted by Gasteiger charge is -2.36. The van der Waals surface area contributed by atoms with Crippen molar-refractivity contribution in [2.24, 2.45) is 0 Å². The summed E-state index contributed by atoms with van der Waals surface area (Å²) in [6.45, 7) is 4.77. The molecule has 1 atom stereocenters. The Hall–Kier alpha value is -1.07. The molecule has 1 fully saturated rings. The van der Waals surface area contributed by atoms with Crippen molar-refractivity contribution in [3.8, 4) is 0 Å². The van der Waals surface area contributed by atoms with Crippen LogP contribution in [-0.4, -0.2) is 58.5 Å². The van der Waals surface area contributed by atoms with Gasteiger partial charge in [0.1, 0.15) is 11.0 Å². The Bertz CT molecular complexity index is 515. The normalized spacial score (nSPS) is 18.7. The Labute approximate surface area is 144 Å². The van der Waals surface area contributed by atoms with Crippen LogP contribution in [0.4, 0.5) is 0 Å². The lowest BCUT2D eigenvalue weighted by molar-refractivity contribution is -0.133. The standard InChI is InChI=1S/C17H29ClN4O/c1-4-5-11-22-15(18)12-19-16(22)8-9-17(23)21-10-6-7-14(13-21)20(2)3/h12,14H,4-11,13H2,1-3H3/t14-/m1/s1. The molecule has 0 unspecified atom stereocenters. The smallest absolute Gasteiger partial charge is 0.223 e. The number of carbonyl (C=O) groups excluding carboxylic acids is 1. The molecule has 2 rings (SSSR count). The number of aryl methyl sites for hydroxylation is 1. The molecule has 0 N–H and O–H groups in total. The second kappa shape index (κ2) is 8.69. The molecule has 5 nitrogen and oxygen atoms in total. The largest absolute Gasteiger partial charge is 0.341 e. The molecule has 1 aliphatic heterocycles. The number of carbonyl (C=O) groups is 1. The minimum Gasteiger partial charge on any atom is -0.341 e. The third-order valence-electron chi connectivity index (χ3n) is 4.67. The van der Waals surface area contributed by atoms with Gasteiger partial charge in [0.2, 0.25) is 5.91 Å². The van der Waals surface area contributed by atoms with Gasteiger partial charge in [-0.2, -0.15) is 0 Å². The van der Waals surface area contributed by atoms with Gasteiger partial charge in [0, 0.05) is 38.5 Å². The Morgan fingerprint density at radius 3 is 2.96 bits per heavy atom. The van der Waals surface area contributed by atoms with Gasteiger partial charge in [-0.1, -0.05) is 24.9 Å². The van der Waals surface area contributed by atoms with E-state index in [0.29, 0.717) is 24.0 Å². The van der Waals surface area contributed by atoms with E-state index < -0.39 is 0 Å². The maximum atomic E-state index is 12.5. The summed E-state index contributed by atoms with van der Waals surface area (Å²) in [5.41, 5.74) is 0. The number of halogens is 1. The maximum absolute atomic E-state index is 12.5. The molecular formula is C17H29ClN4O. The summed E-state index contributed by atoms with van der Waals surface area (Å²) in [4.78, 5) is 21.1. The lowest BCUT2D eigenvalue weighted by Crippen LogP contribution is -2.47. The molecule has 0 aliphatic carbocycles. The third-order valence-corrected chi connectivity index (χ3v) is 4.97. The van der Waals surface area contributed by atoms with Crippen LogP contribution >= 0.6 is 11.6 Å². The molecule has 0 radical (unpaired) electrons. The monoisotopic (exact) mass is 340 g/mol. The van der Waals surface area contributed by atoms with Crippen molar-refractivity contribution in [3.05, 3.63) is 17.2 Å². The van der Waals surface area contributed by atoms with Gasteiger partial charge in [-0.15, -0.1) is 0 Å². The molecule has 1 aromatic rings. The Balaban J connectivity index is 1.89. The highest BCUT2D eigenvalue weighted by atomic mass is 35.5. The highest BCUT2D eigenvalue weighted by Crippen LogP contribution is 2.17. The molecule has 23 heavy (non-hydrogen) atoms. The van der Waals surface area contributed by atoms with E-state index in [1.165, 1.54) is 6.42 Å². The maximum Gasteiger partial charge on any atom is 0.223 e. The molecule has 1 saturated heterocycles. The second-order valence-electron chi connectivity index (χ2n) is 6.60. The second-order valence-corrected chi connectivity index (χ2v) is 6.99. The van der Waals surface area contributed by atoms with E-state index >= 15 is 0 Å². The molecule has 1 amide bonds. The lowest BCUT2D eigenvalue weighted by atomic mass is 10.0. The fourth-order valence-corrected chi connectivity index (χ4v) is 3.35. The number of piperidine rings is 1. The molecule has 0 aromatic carbocycles. The van der Waals surface area contributed by atoms with E-state index in [4.69, 9.17) is 11.6 Å². The number of rotatable bonds is 7. The third kappa shape index (κ3) is 4.95. The topological polar surface area (TPSA) is 41.4 Å². The van der Waals surface area contributed by atoms with Gasteiger partial charge < -0.3 is 14.4 Å². The molecule has 1 aromatic heterocycles. The number of nitrogens with zero attached hydrogens (tertiary/aromatic N) is 4. The first-order valence-electron chi connectivity index (χ1n) is 8.67. The minimum atomic E-state index is 0.234. The van der Waals surface area contributed by atoms with Gasteiger partial charge in [0.15, 0.2) is 0 Å². The van der Waals surface area contributed by atoms with E-state index in [1.54, 1.807) is 6.20 Å². The molecule has 1 aliphatic rings. The molecule has 2 heterocycles. The summed E-state index contributed by atoms with van der Waals surface area (Å²) in [6, 6.07) is 0.480. The van der Waals surface area contributed by atoms with Gasteiger partial charge >= 0.3 is 0 Å². The zero-order valence-corrected chi connectivity index (χ0v) is 15.3. The first-order valence-corrected chi connectivity index (χ1v) is 9.04. The van der Waals surface area contributed by atoms with Crippen LogP contribution in [0.1, 0.15) is 44.9 Å². The predicted molar refractivity (Wildman–Crippen MR) is 93.8 cm³/mol. The van der Waals surface area contributed by atoms with Crippen LogP contribution in [0.3, 0.4) is 0 Å². The Kier molecular flexibility index (Phi) is 6.90. The summed E-state index contributed by atoms with van der Waals surface area (Å²) < 4.78 is 2.04. The minimum absolute atomic E-state index is 0.234. The van der Waals surface area contributed by atoms with Crippen molar-refractivity contribution in [3.63, 3.8) is 0 Å². The summed E-state index contributed by atoms with van der Waals surface area (Å²) in [6.07, 6.45) is 7.33. The van der Waals surface area contributed by atoms with Crippen molar-refractivity contribution >= 4 is 17.5 Å². The molecule has 6 heteroatoms. The van der Waals surface area contributed by atoms with E-state index in [2.05, 4.69) is 30.9 Å². The first-order chi connectivity index (χ1) is 11.0. The number of hydrogen-bond donors (Lipinski definition) is 0. The molecule has 130 valence electrons. The molecule has 0 spiro atoms. The van der Waals surface area contributed by atoms with Crippen molar-refractivity contribution in [1.82, 2.24) is 19.4 Å². The van der Waals surface area contributed by atoms with Gasteiger partial charge in [-0.05, 0) is 33.4 Å². The summed E-state index contributed by atoms with van der Waals surface area (Å²) in [5.74, 6) is 1.16. The van der Waals surface area contributed by atoms with Crippen molar-refractivity contribution in [2.75, 3.05) is 27.2 Å². The number of likely N-dealkylation sites (N-methyl/N-ethyl adjacent to an activating group) is 1. The highest BCUT2D eigenvalue weighted by molar-refractivity contribution is 6.29.